The number of benzene rings is 1. The maximum absolute atomic E-state index is 13.2. The van der Waals surface area contributed by atoms with Gasteiger partial charge in [-0.3, -0.25) is 0 Å². The van der Waals surface area contributed by atoms with Gasteiger partial charge in [0.25, 0.3) is 0 Å². The van der Waals surface area contributed by atoms with Crippen LogP contribution in [0.2, 0.25) is 0 Å². The third-order valence-corrected chi connectivity index (χ3v) is 3.09. The average Bonchev–Trinajstić information content (AvgIpc) is 2.26. The molecule has 0 unspecified atom stereocenters. The van der Waals surface area contributed by atoms with Crippen molar-refractivity contribution in [2.45, 2.75) is 24.1 Å². The van der Waals surface area contributed by atoms with Gasteiger partial charge in [-0.1, -0.05) is 18.2 Å². The molecule has 0 bridgehead atoms. The van der Waals surface area contributed by atoms with Crippen molar-refractivity contribution in [2.75, 3.05) is 13.1 Å². The summed E-state index contributed by atoms with van der Waals surface area (Å²) in [5.41, 5.74) is -1.91. The Morgan fingerprint density at radius 2 is 1.79 bits per heavy atom. The predicted molar refractivity (Wildman–Crippen MR) is 57.9 cm³/mol. The molecule has 1 aliphatic heterocycles. The third kappa shape index (κ3) is 2.71. The highest BCUT2D eigenvalue weighted by atomic mass is 19.4. The molecule has 1 aromatic carbocycles. The van der Waals surface area contributed by atoms with E-state index in [4.69, 9.17) is 0 Å². The zero-order chi connectivity index (χ0) is 14.3. The van der Waals surface area contributed by atoms with Gasteiger partial charge in [0, 0.05) is 25.1 Å². The second kappa shape index (κ2) is 4.42. The van der Waals surface area contributed by atoms with Crippen molar-refractivity contribution in [1.29, 1.82) is 0 Å². The van der Waals surface area contributed by atoms with Gasteiger partial charge >= 0.3 is 12.1 Å². The molecular weight excluding hydrogens is 269 g/mol. The van der Waals surface area contributed by atoms with E-state index in [9.17, 15) is 27.1 Å². The van der Waals surface area contributed by atoms with Crippen molar-refractivity contribution < 1.29 is 27.1 Å². The molecule has 1 aliphatic rings. The molecule has 1 fully saturated rings. The molecule has 1 saturated heterocycles. The van der Waals surface area contributed by atoms with Crippen molar-refractivity contribution in [3.63, 3.8) is 0 Å². The summed E-state index contributed by atoms with van der Waals surface area (Å²) in [7, 11) is 0. The number of halogens is 5. The summed E-state index contributed by atoms with van der Waals surface area (Å²) in [6.45, 7) is 0.597. The Labute approximate surface area is 106 Å². The van der Waals surface area contributed by atoms with E-state index in [1.54, 1.807) is 0 Å². The average molecular weight is 281 g/mol. The van der Waals surface area contributed by atoms with Crippen LogP contribution in [-0.4, -0.2) is 30.0 Å². The van der Waals surface area contributed by atoms with E-state index in [-0.39, 0.29) is 12.0 Å². The lowest BCUT2D eigenvalue weighted by Crippen LogP contribution is -2.60. The van der Waals surface area contributed by atoms with E-state index >= 15 is 0 Å². The van der Waals surface area contributed by atoms with Gasteiger partial charge in [-0.15, -0.1) is 0 Å². The first-order valence-corrected chi connectivity index (χ1v) is 5.61. The normalized spacial score (nSPS) is 19.1. The van der Waals surface area contributed by atoms with E-state index in [1.807, 2.05) is 0 Å². The van der Waals surface area contributed by atoms with E-state index in [2.05, 4.69) is 5.32 Å². The van der Waals surface area contributed by atoms with Gasteiger partial charge in [0.1, 0.15) is 0 Å². The van der Waals surface area contributed by atoms with Gasteiger partial charge in [0.2, 0.25) is 0 Å². The van der Waals surface area contributed by atoms with Crippen molar-refractivity contribution in [1.82, 2.24) is 5.32 Å². The van der Waals surface area contributed by atoms with Crippen LogP contribution in [0, 0.1) is 0 Å². The van der Waals surface area contributed by atoms with Crippen LogP contribution in [0.15, 0.2) is 24.3 Å². The summed E-state index contributed by atoms with van der Waals surface area (Å²) >= 11 is 0. The molecule has 0 saturated carbocycles. The Morgan fingerprint density at radius 3 is 2.26 bits per heavy atom. The van der Waals surface area contributed by atoms with Crippen LogP contribution in [-0.2, 0) is 12.3 Å². The van der Waals surface area contributed by atoms with E-state index in [0.717, 1.165) is 18.2 Å². The molecule has 7 heteroatoms. The van der Waals surface area contributed by atoms with E-state index in [1.165, 1.54) is 6.07 Å². The highest BCUT2D eigenvalue weighted by molar-refractivity contribution is 5.29. The molecule has 0 aliphatic carbocycles. The Kier molecular flexibility index (Phi) is 3.30. The number of hydrogen-bond acceptors (Lipinski definition) is 2. The van der Waals surface area contributed by atoms with Crippen molar-refractivity contribution in [3.05, 3.63) is 35.4 Å². The fourth-order valence-electron chi connectivity index (χ4n) is 1.96. The first kappa shape index (κ1) is 14.2. The van der Waals surface area contributed by atoms with Crippen LogP contribution in [0.1, 0.15) is 11.1 Å². The summed E-state index contributed by atoms with van der Waals surface area (Å²) < 4.78 is 63.1. The van der Waals surface area contributed by atoms with Crippen LogP contribution in [0.5, 0.6) is 0 Å². The molecule has 1 aromatic rings. The monoisotopic (exact) mass is 281 g/mol. The number of nitrogens with one attached hydrogen (secondary N) is 1. The molecular formula is C12H12F5NO. The highest BCUT2D eigenvalue weighted by Crippen LogP contribution is 2.44. The lowest BCUT2D eigenvalue weighted by Gasteiger charge is -2.37. The van der Waals surface area contributed by atoms with E-state index in [0.29, 0.717) is 13.1 Å². The lowest BCUT2D eigenvalue weighted by molar-refractivity contribution is -0.289. The second-order valence-corrected chi connectivity index (χ2v) is 4.78. The van der Waals surface area contributed by atoms with Crippen LogP contribution in [0.25, 0.3) is 0 Å². The van der Waals surface area contributed by atoms with Crippen molar-refractivity contribution in [3.8, 4) is 0 Å². The van der Waals surface area contributed by atoms with Crippen molar-refractivity contribution >= 4 is 0 Å². The quantitative estimate of drug-likeness (QED) is 0.833. The van der Waals surface area contributed by atoms with Crippen LogP contribution in [0.3, 0.4) is 0 Å². The molecule has 0 atom stereocenters. The number of aliphatic hydroxyl groups is 1. The Morgan fingerprint density at radius 1 is 1.16 bits per heavy atom. The molecule has 2 N–H and O–H groups in total. The zero-order valence-electron chi connectivity index (χ0n) is 9.77. The van der Waals surface area contributed by atoms with Crippen LogP contribution < -0.4 is 5.32 Å². The largest absolute Gasteiger partial charge is 0.458 e. The lowest BCUT2D eigenvalue weighted by atomic mass is 9.88. The first-order chi connectivity index (χ1) is 8.64. The molecule has 0 amide bonds. The van der Waals surface area contributed by atoms with Crippen LogP contribution >= 0.6 is 0 Å². The van der Waals surface area contributed by atoms with Gasteiger partial charge in [-0.25, -0.2) is 0 Å². The third-order valence-electron chi connectivity index (χ3n) is 3.09. The SMILES string of the molecule is OC1(Cc2cccc(C(F)(F)C(F)(F)F)c2)CNC1. The molecule has 0 radical (unpaired) electrons. The Bertz CT molecular complexity index is 467. The molecule has 106 valence electrons. The molecule has 0 spiro atoms. The topological polar surface area (TPSA) is 32.3 Å². The van der Waals surface area contributed by atoms with Gasteiger partial charge in [-0.2, -0.15) is 22.0 Å². The molecule has 1 heterocycles. The molecule has 19 heavy (non-hydrogen) atoms. The molecule has 0 aromatic heterocycles. The fourth-order valence-corrected chi connectivity index (χ4v) is 1.96. The number of hydrogen-bond donors (Lipinski definition) is 2. The summed E-state index contributed by atoms with van der Waals surface area (Å²) in [6.07, 6.45) is -5.58. The van der Waals surface area contributed by atoms with Crippen molar-refractivity contribution in [2.24, 2.45) is 0 Å². The number of rotatable bonds is 3. The highest BCUT2D eigenvalue weighted by Gasteiger charge is 2.58. The summed E-state index contributed by atoms with van der Waals surface area (Å²) in [6, 6.07) is 4.09. The predicted octanol–water partition coefficient (Wildman–Crippen LogP) is 2.22. The minimum atomic E-state index is -5.62. The number of alkyl halides is 5. The molecule has 2 nitrogen and oxygen atoms in total. The first-order valence-electron chi connectivity index (χ1n) is 5.61. The van der Waals surface area contributed by atoms with Crippen LogP contribution in [0.4, 0.5) is 22.0 Å². The summed E-state index contributed by atoms with van der Waals surface area (Å²) in [5.74, 6) is -4.89. The van der Waals surface area contributed by atoms with E-state index < -0.39 is 23.3 Å². The fraction of sp³-hybridized carbons (Fsp3) is 0.500. The number of β-amino-alcohol motifs (C(OH)–C–C–N with tert-alkyl or cyclic N) is 1. The summed E-state index contributed by atoms with van der Waals surface area (Å²) in [5, 5.41) is 12.7. The minimum Gasteiger partial charge on any atom is -0.387 e. The van der Waals surface area contributed by atoms with Gasteiger partial charge in [0.15, 0.2) is 0 Å². The Balaban J connectivity index is 2.24. The second-order valence-electron chi connectivity index (χ2n) is 4.78. The maximum atomic E-state index is 13.2. The zero-order valence-corrected chi connectivity index (χ0v) is 9.77. The smallest absolute Gasteiger partial charge is 0.387 e. The maximum Gasteiger partial charge on any atom is 0.458 e. The summed E-state index contributed by atoms with van der Waals surface area (Å²) in [4.78, 5) is 0. The van der Waals surface area contributed by atoms with Gasteiger partial charge in [-0.05, 0) is 11.6 Å². The van der Waals surface area contributed by atoms with Gasteiger partial charge < -0.3 is 10.4 Å². The minimum absolute atomic E-state index is 0.0434. The van der Waals surface area contributed by atoms with Gasteiger partial charge in [0.05, 0.1) is 5.60 Å². The molecule has 2 rings (SSSR count). The standard InChI is InChI=1S/C12H12F5NO/c13-11(14,12(15,16)17)9-3-1-2-8(4-9)5-10(19)6-18-7-10/h1-4,18-19H,5-7H2. The Hall–Kier alpha value is -1.21.